The standard InChI is InChI=1S/C19H15Cl3N2O2.HNO3/c20-14-1-4-16(5-2-14)25-9-10-26-19(12-24-8-7-23-13-24)17-6-3-15(21)11-18(17)22;2-1(3)4/h1-8,11-13H,9-10H2;(H,2,3,4). The van der Waals surface area contributed by atoms with Gasteiger partial charge in [-0.2, -0.15) is 0 Å². The van der Waals surface area contributed by atoms with Gasteiger partial charge in [0, 0.05) is 28.0 Å². The summed E-state index contributed by atoms with van der Waals surface area (Å²) in [5.74, 6) is 1.31. The highest BCUT2D eigenvalue weighted by molar-refractivity contribution is 6.35. The van der Waals surface area contributed by atoms with Crippen LogP contribution in [-0.4, -0.2) is 33.1 Å². The maximum Gasteiger partial charge on any atom is 0.291 e. The Morgan fingerprint density at radius 3 is 2.40 bits per heavy atom. The van der Waals surface area contributed by atoms with Gasteiger partial charge >= 0.3 is 0 Å². The van der Waals surface area contributed by atoms with Crippen LogP contribution in [0, 0.1) is 10.1 Å². The summed E-state index contributed by atoms with van der Waals surface area (Å²) in [4.78, 5) is 12.4. The first-order valence-corrected chi connectivity index (χ1v) is 9.47. The Balaban J connectivity index is 0.000000735. The number of aromatic nitrogens is 2. The summed E-state index contributed by atoms with van der Waals surface area (Å²) in [6, 6.07) is 12.4. The van der Waals surface area contributed by atoms with Crippen molar-refractivity contribution in [3.05, 3.63) is 91.9 Å². The fourth-order valence-electron chi connectivity index (χ4n) is 2.20. The Morgan fingerprint density at radius 2 is 1.80 bits per heavy atom. The van der Waals surface area contributed by atoms with E-state index in [9.17, 15) is 0 Å². The summed E-state index contributed by atoms with van der Waals surface area (Å²) in [5, 5.41) is 15.4. The van der Waals surface area contributed by atoms with Crippen molar-refractivity contribution in [2.24, 2.45) is 0 Å². The summed E-state index contributed by atoms with van der Waals surface area (Å²) in [5.41, 5.74) is 0.733. The third-order valence-electron chi connectivity index (χ3n) is 3.41. The number of imidazole rings is 1. The average molecular weight is 473 g/mol. The van der Waals surface area contributed by atoms with E-state index in [0.29, 0.717) is 34.0 Å². The van der Waals surface area contributed by atoms with Gasteiger partial charge in [0.2, 0.25) is 0 Å². The molecule has 0 atom stereocenters. The van der Waals surface area contributed by atoms with Gasteiger partial charge in [0.05, 0.1) is 17.5 Å². The predicted molar refractivity (Wildman–Crippen MR) is 115 cm³/mol. The molecule has 1 aromatic heterocycles. The van der Waals surface area contributed by atoms with E-state index < -0.39 is 5.09 Å². The van der Waals surface area contributed by atoms with Crippen LogP contribution >= 0.6 is 34.8 Å². The first kappa shape index (κ1) is 23.3. The van der Waals surface area contributed by atoms with E-state index in [-0.39, 0.29) is 0 Å². The minimum atomic E-state index is -1.50. The predicted octanol–water partition coefficient (Wildman–Crippen LogP) is 5.55. The molecule has 30 heavy (non-hydrogen) atoms. The van der Waals surface area contributed by atoms with Crippen LogP contribution in [0.25, 0.3) is 12.0 Å². The number of hydrogen-bond acceptors (Lipinski definition) is 5. The van der Waals surface area contributed by atoms with E-state index in [2.05, 4.69) is 4.98 Å². The van der Waals surface area contributed by atoms with Crippen LogP contribution in [-0.2, 0) is 4.74 Å². The van der Waals surface area contributed by atoms with Gasteiger partial charge in [-0.15, -0.1) is 10.1 Å². The zero-order chi connectivity index (χ0) is 21.9. The first-order chi connectivity index (χ1) is 14.3. The lowest BCUT2D eigenvalue weighted by Gasteiger charge is -2.13. The van der Waals surface area contributed by atoms with Gasteiger partial charge in [0.25, 0.3) is 5.09 Å². The SMILES string of the molecule is Clc1ccc(OCCOC(=Cn2ccnc2)c2ccc(Cl)cc2Cl)cc1.O=[N+]([O-])O. The van der Waals surface area contributed by atoms with Crippen molar-refractivity contribution in [2.45, 2.75) is 0 Å². The van der Waals surface area contributed by atoms with E-state index in [1.165, 1.54) is 0 Å². The molecule has 158 valence electrons. The molecule has 0 spiro atoms. The number of nitrogens with zero attached hydrogens (tertiary/aromatic N) is 3. The van der Waals surface area contributed by atoms with Gasteiger partial charge in [-0.1, -0.05) is 34.8 Å². The molecular weight excluding hydrogens is 457 g/mol. The molecule has 0 unspecified atom stereocenters. The monoisotopic (exact) mass is 471 g/mol. The van der Waals surface area contributed by atoms with Crippen LogP contribution in [0.5, 0.6) is 5.75 Å². The van der Waals surface area contributed by atoms with Crippen LogP contribution in [0.15, 0.2) is 61.2 Å². The van der Waals surface area contributed by atoms with Crippen molar-refractivity contribution in [2.75, 3.05) is 13.2 Å². The molecule has 3 aromatic rings. The normalized spacial score (nSPS) is 10.7. The lowest BCUT2D eigenvalue weighted by atomic mass is 10.2. The Hall–Kier alpha value is -2.94. The quantitative estimate of drug-likeness (QED) is 0.209. The van der Waals surface area contributed by atoms with Gasteiger partial charge in [0.1, 0.15) is 24.7 Å². The van der Waals surface area contributed by atoms with Crippen LogP contribution in [0.2, 0.25) is 15.1 Å². The molecule has 0 saturated carbocycles. The Kier molecular flexibility index (Phi) is 9.27. The number of hydrogen-bond donors (Lipinski definition) is 1. The van der Waals surface area contributed by atoms with Gasteiger partial charge in [0.15, 0.2) is 0 Å². The van der Waals surface area contributed by atoms with Crippen LogP contribution < -0.4 is 4.74 Å². The number of benzene rings is 2. The summed E-state index contributed by atoms with van der Waals surface area (Å²) in [7, 11) is 0. The molecule has 2 aromatic carbocycles. The lowest BCUT2D eigenvalue weighted by Crippen LogP contribution is -2.07. The molecule has 0 radical (unpaired) electrons. The van der Waals surface area contributed by atoms with Crippen LogP contribution in [0.4, 0.5) is 0 Å². The third kappa shape index (κ3) is 8.20. The van der Waals surface area contributed by atoms with Crippen molar-refractivity contribution in [3.8, 4) is 5.75 Å². The van der Waals surface area contributed by atoms with Crippen molar-refractivity contribution in [1.29, 1.82) is 0 Å². The molecule has 0 fully saturated rings. The molecule has 11 heteroatoms. The molecule has 0 bridgehead atoms. The van der Waals surface area contributed by atoms with E-state index in [0.717, 1.165) is 11.3 Å². The first-order valence-electron chi connectivity index (χ1n) is 8.34. The molecule has 0 saturated heterocycles. The zero-order valence-electron chi connectivity index (χ0n) is 15.3. The van der Waals surface area contributed by atoms with Gasteiger partial charge in [-0.3, -0.25) is 0 Å². The second-order valence-electron chi connectivity index (χ2n) is 5.52. The molecule has 0 aliphatic rings. The summed E-state index contributed by atoms with van der Waals surface area (Å²) >= 11 is 18.2. The summed E-state index contributed by atoms with van der Waals surface area (Å²) in [6.45, 7) is 0.705. The second kappa shape index (κ2) is 11.9. The smallest absolute Gasteiger partial charge is 0.291 e. The molecule has 1 heterocycles. The van der Waals surface area contributed by atoms with E-state index in [1.807, 2.05) is 6.07 Å². The van der Waals surface area contributed by atoms with Crippen molar-refractivity contribution >= 4 is 46.8 Å². The van der Waals surface area contributed by atoms with Crippen molar-refractivity contribution in [3.63, 3.8) is 0 Å². The van der Waals surface area contributed by atoms with E-state index in [1.54, 1.807) is 65.9 Å². The fraction of sp³-hybridized carbons (Fsp3) is 0.105. The lowest BCUT2D eigenvalue weighted by molar-refractivity contribution is -0.742. The Morgan fingerprint density at radius 1 is 1.13 bits per heavy atom. The number of rotatable bonds is 7. The molecule has 0 amide bonds. The van der Waals surface area contributed by atoms with E-state index >= 15 is 0 Å². The van der Waals surface area contributed by atoms with Crippen molar-refractivity contribution in [1.82, 2.24) is 9.55 Å². The minimum absolute atomic E-state index is 0.335. The van der Waals surface area contributed by atoms with Crippen LogP contribution in [0.3, 0.4) is 0 Å². The maximum absolute atomic E-state index is 8.36. The van der Waals surface area contributed by atoms with E-state index in [4.69, 9.17) is 59.6 Å². The third-order valence-corrected chi connectivity index (χ3v) is 4.21. The zero-order valence-corrected chi connectivity index (χ0v) is 17.6. The fourth-order valence-corrected chi connectivity index (χ4v) is 2.82. The van der Waals surface area contributed by atoms with Gasteiger partial charge in [-0.25, -0.2) is 4.98 Å². The molecule has 1 N–H and O–H groups in total. The molecule has 3 rings (SSSR count). The van der Waals surface area contributed by atoms with Gasteiger partial charge in [-0.05, 0) is 42.5 Å². The number of ether oxygens (including phenoxy) is 2. The molecular formula is C19H16Cl3N3O5. The van der Waals surface area contributed by atoms with Crippen molar-refractivity contribution < 1.29 is 19.8 Å². The second-order valence-corrected chi connectivity index (χ2v) is 6.80. The molecule has 0 aliphatic heterocycles. The average Bonchev–Trinajstić information content (AvgIpc) is 3.19. The highest BCUT2D eigenvalue weighted by Crippen LogP contribution is 2.28. The largest absolute Gasteiger partial charge is 0.490 e. The topological polar surface area (TPSA) is 99.7 Å². The Labute approximate surface area is 186 Å². The highest BCUT2D eigenvalue weighted by Gasteiger charge is 2.10. The Bertz CT molecular complexity index is 976. The number of halogens is 3. The summed E-state index contributed by atoms with van der Waals surface area (Å²) < 4.78 is 13.3. The van der Waals surface area contributed by atoms with Crippen LogP contribution in [0.1, 0.15) is 5.56 Å². The van der Waals surface area contributed by atoms with Gasteiger partial charge < -0.3 is 19.2 Å². The minimum Gasteiger partial charge on any atom is -0.490 e. The summed E-state index contributed by atoms with van der Waals surface area (Å²) in [6.07, 6.45) is 6.94. The highest BCUT2D eigenvalue weighted by atomic mass is 35.5. The molecule has 8 nitrogen and oxygen atoms in total. The maximum atomic E-state index is 8.36. The molecule has 0 aliphatic carbocycles.